The number of hydrogen-bond donors (Lipinski definition) is 1. The molecule has 0 aliphatic carbocycles. The second-order valence-corrected chi connectivity index (χ2v) is 5.31. The number of nitrogens with one attached hydrogen (secondary N) is 1. The molecule has 2 rings (SSSR count). The number of aromatic nitrogens is 1. The van der Waals surface area contributed by atoms with Gasteiger partial charge in [0.05, 0.1) is 23.4 Å². The Balaban J connectivity index is 2.28. The number of anilines is 1. The van der Waals surface area contributed by atoms with Crippen LogP contribution >= 0.6 is 11.6 Å². The molecular formula is C15H14ClN3O5. The molecule has 8 nitrogen and oxygen atoms in total. The summed E-state index contributed by atoms with van der Waals surface area (Å²) < 4.78 is 6.15. The van der Waals surface area contributed by atoms with E-state index in [1.165, 1.54) is 20.1 Å². The molecule has 1 amide bonds. The summed E-state index contributed by atoms with van der Waals surface area (Å²) in [6, 6.07) is 6.86. The van der Waals surface area contributed by atoms with E-state index in [-0.39, 0.29) is 17.9 Å². The highest BCUT2D eigenvalue weighted by Crippen LogP contribution is 2.27. The van der Waals surface area contributed by atoms with E-state index in [1.54, 1.807) is 12.1 Å². The molecular weight excluding hydrogens is 338 g/mol. The molecule has 0 unspecified atom stereocenters. The minimum Gasteiger partial charge on any atom is -0.495 e. The molecule has 9 heteroatoms. The van der Waals surface area contributed by atoms with Gasteiger partial charge in [0.25, 0.3) is 11.2 Å². The Bertz CT molecular complexity index is 863. The van der Waals surface area contributed by atoms with Gasteiger partial charge in [-0.2, -0.15) is 0 Å². The first-order chi connectivity index (χ1) is 11.3. The van der Waals surface area contributed by atoms with Gasteiger partial charge in [-0.3, -0.25) is 24.3 Å². The average molecular weight is 352 g/mol. The molecule has 0 bridgehead atoms. The Labute approximate surface area is 141 Å². The minimum atomic E-state index is -0.608. The van der Waals surface area contributed by atoms with Crippen molar-refractivity contribution >= 4 is 28.9 Å². The van der Waals surface area contributed by atoms with Crippen LogP contribution in [0.25, 0.3) is 0 Å². The van der Waals surface area contributed by atoms with Gasteiger partial charge in [-0.05, 0) is 25.1 Å². The molecule has 1 aromatic heterocycles. The number of benzene rings is 1. The fourth-order valence-corrected chi connectivity index (χ4v) is 2.34. The van der Waals surface area contributed by atoms with Gasteiger partial charge in [-0.25, -0.2) is 0 Å². The Morgan fingerprint density at radius 2 is 2.08 bits per heavy atom. The SMILES string of the molecule is COc1ccc(Cl)cc1NC(=O)Cn1c(C)c([N+](=O)[O-])ccc1=O. The Hall–Kier alpha value is -2.87. The Morgan fingerprint density at radius 3 is 2.71 bits per heavy atom. The van der Waals surface area contributed by atoms with Crippen LogP contribution in [-0.2, 0) is 11.3 Å². The van der Waals surface area contributed by atoms with E-state index in [2.05, 4.69) is 5.32 Å². The van der Waals surface area contributed by atoms with E-state index >= 15 is 0 Å². The normalized spacial score (nSPS) is 10.3. The van der Waals surface area contributed by atoms with Crippen molar-refractivity contribution in [2.24, 2.45) is 0 Å². The summed E-state index contributed by atoms with van der Waals surface area (Å²) in [6.07, 6.45) is 0. The highest BCUT2D eigenvalue weighted by atomic mass is 35.5. The number of pyridine rings is 1. The second-order valence-electron chi connectivity index (χ2n) is 4.88. The number of amides is 1. The zero-order valence-corrected chi connectivity index (χ0v) is 13.7. The molecule has 0 radical (unpaired) electrons. The van der Waals surface area contributed by atoms with Gasteiger partial charge < -0.3 is 10.1 Å². The topological polar surface area (TPSA) is 103 Å². The molecule has 0 spiro atoms. The van der Waals surface area contributed by atoms with Crippen LogP contribution in [0.5, 0.6) is 5.75 Å². The number of nitro groups is 1. The molecule has 126 valence electrons. The summed E-state index contributed by atoms with van der Waals surface area (Å²) in [6.45, 7) is 1.04. The minimum absolute atomic E-state index is 0.0979. The zero-order valence-electron chi connectivity index (χ0n) is 12.9. The number of carbonyl (C=O) groups excluding carboxylic acids is 1. The number of carbonyl (C=O) groups is 1. The quantitative estimate of drug-likeness (QED) is 0.657. The fraction of sp³-hybridized carbons (Fsp3) is 0.200. The van der Waals surface area contributed by atoms with Crippen molar-refractivity contribution in [3.8, 4) is 5.75 Å². The highest BCUT2D eigenvalue weighted by Gasteiger charge is 2.17. The van der Waals surface area contributed by atoms with Crippen LogP contribution in [0.2, 0.25) is 5.02 Å². The third-order valence-electron chi connectivity index (χ3n) is 3.36. The van der Waals surface area contributed by atoms with Gasteiger partial charge in [0.1, 0.15) is 12.3 Å². The van der Waals surface area contributed by atoms with Crippen molar-refractivity contribution in [2.75, 3.05) is 12.4 Å². The van der Waals surface area contributed by atoms with Gasteiger partial charge in [0.15, 0.2) is 0 Å². The van der Waals surface area contributed by atoms with Crippen molar-refractivity contribution in [2.45, 2.75) is 13.5 Å². The lowest BCUT2D eigenvalue weighted by atomic mass is 10.2. The summed E-state index contributed by atoms with van der Waals surface area (Å²) in [7, 11) is 1.44. The molecule has 0 aliphatic rings. The van der Waals surface area contributed by atoms with Gasteiger partial charge >= 0.3 is 0 Å². The van der Waals surface area contributed by atoms with Crippen LogP contribution in [0, 0.1) is 17.0 Å². The predicted molar refractivity (Wildman–Crippen MR) is 88.7 cm³/mol. The average Bonchev–Trinajstić information content (AvgIpc) is 2.51. The summed E-state index contributed by atoms with van der Waals surface area (Å²) in [5.74, 6) is -0.142. The van der Waals surface area contributed by atoms with Crippen LogP contribution < -0.4 is 15.6 Å². The largest absolute Gasteiger partial charge is 0.495 e. The molecule has 0 saturated carbocycles. The first-order valence-electron chi connectivity index (χ1n) is 6.81. The number of nitrogens with zero attached hydrogens (tertiary/aromatic N) is 2. The number of halogens is 1. The molecule has 0 fully saturated rings. The molecule has 24 heavy (non-hydrogen) atoms. The fourth-order valence-electron chi connectivity index (χ4n) is 2.17. The van der Waals surface area contributed by atoms with Crippen LogP contribution in [0.4, 0.5) is 11.4 Å². The van der Waals surface area contributed by atoms with Gasteiger partial charge in [-0.15, -0.1) is 0 Å². The number of ether oxygens (including phenoxy) is 1. The smallest absolute Gasteiger partial charge is 0.288 e. The van der Waals surface area contributed by atoms with Crippen LogP contribution in [0.15, 0.2) is 35.1 Å². The summed E-state index contributed by atoms with van der Waals surface area (Å²) in [5, 5.41) is 13.9. The number of rotatable bonds is 5. The third-order valence-corrected chi connectivity index (χ3v) is 3.59. The predicted octanol–water partition coefficient (Wildman–Crippen LogP) is 2.37. The summed E-state index contributed by atoms with van der Waals surface area (Å²) in [4.78, 5) is 34.4. The van der Waals surface area contributed by atoms with E-state index in [1.807, 2.05) is 0 Å². The Kier molecular flexibility index (Phi) is 5.20. The van der Waals surface area contributed by atoms with Crippen LogP contribution in [0.1, 0.15) is 5.69 Å². The van der Waals surface area contributed by atoms with E-state index in [0.717, 1.165) is 16.7 Å². The molecule has 0 saturated heterocycles. The molecule has 1 heterocycles. The zero-order chi connectivity index (χ0) is 17.9. The van der Waals surface area contributed by atoms with E-state index in [0.29, 0.717) is 16.5 Å². The third kappa shape index (κ3) is 3.72. The number of hydrogen-bond acceptors (Lipinski definition) is 5. The first kappa shape index (κ1) is 17.5. The maximum absolute atomic E-state index is 12.2. The van der Waals surface area contributed by atoms with Crippen LogP contribution in [0.3, 0.4) is 0 Å². The standard InChI is InChI=1S/C15H14ClN3O5/c1-9-12(19(22)23)4-6-15(21)18(9)8-14(20)17-11-7-10(16)3-5-13(11)24-2/h3-7H,8H2,1-2H3,(H,17,20). The van der Waals surface area contributed by atoms with E-state index < -0.39 is 16.4 Å². The molecule has 2 aromatic rings. The van der Waals surface area contributed by atoms with Crippen LogP contribution in [-0.4, -0.2) is 22.5 Å². The van der Waals surface area contributed by atoms with Gasteiger partial charge in [-0.1, -0.05) is 11.6 Å². The van der Waals surface area contributed by atoms with Gasteiger partial charge in [0, 0.05) is 17.2 Å². The van der Waals surface area contributed by atoms with E-state index in [4.69, 9.17) is 16.3 Å². The highest BCUT2D eigenvalue weighted by molar-refractivity contribution is 6.31. The van der Waals surface area contributed by atoms with E-state index in [9.17, 15) is 19.7 Å². The monoisotopic (exact) mass is 351 g/mol. The van der Waals surface area contributed by atoms with Crippen molar-refractivity contribution < 1.29 is 14.5 Å². The molecule has 0 atom stereocenters. The lowest BCUT2D eigenvalue weighted by Gasteiger charge is -2.12. The maximum atomic E-state index is 12.2. The molecule has 0 aliphatic heterocycles. The second kappa shape index (κ2) is 7.14. The lowest BCUT2D eigenvalue weighted by molar-refractivity contribution is -0.386. The lowest BCUT2D eigenvalue weighted by Crippen LogP contribution is -2.29. The Morgan fingerprint density at radius 1 is 1.38 bits per heavy atom. The van der Waals surface area contributed by atoms with Crippen molar-refractivity contribution in [3.05, 3.63) is 61.5 Å². The molecule has 1 N–H and O–H groups in total. The van der Waals surface area contributed by atoms with Crippen molar-refractivity contribution in [1.82, 2.24) is 4.57 Å². The number of methoxy groups -OCH3 is 1. The van der Waals surface area contributed by atoms with Crippen molar-refractivity contribution in [1.29, 1.82) is 0 Å². The summed E-state index contributed by atoms with van der Waals surface area (Å²) >= 11 is 5.89. The summed E-state index contributed by atoms with van der Waals surface area (Å²) in [5.41, 5.74) is -0.305. The van der Waals surface area contributed by atoms with Gasteiger partial charge in [0.2, 0.25) is 5.91 Å². The molecule has 1 aromatic carbocycles. The van der Waals surface area contributed by atoms with Crippen molar-refractivity contribution in [3.63, 3.8) is 0 Å². The maximum Gasteiger partial charge on any atom is 0.288 e. The first-order valence-corrected chi connectivity index (χ1v) is 7.19.